The minimum absolute atomic E-state index is 0.326. The number of nitrogens with zero attached hydrogens (tertiary/aromatic N) is 1. The van der Waals surface area contributed by atoms with Crippen molar-refractivity contribution in [2.75, 3.05) is 43.0 Å². The van der Waals surface area contributed by atoms with Crippen molar-refractivity contribution in [3.8, 4) is 0 Å². The first-order chi connectivity index (χ1) is 9.64. The molecule has 4 nitrogen and oxygen atoms in total. The minimum atomic E-state index is -2.79. The standard InChI is InChI=1S/C15H22N2O2S/c18-20(19)10-3-7-17(9-11-20)8-6-13-12-16-15-5-2-1-4-14(13)15/h1-2,4-5,13,16H,3,6-12H2. The first-order valence-electron chi connectivity index (χ1n) is 7.40. The average molecular weight is 294 g/mol. The summed E-state index contributed by atoms with van der Waals surface area (Å²) in [5.74, 6) is 1.25. The third kappa shape index (κ3) is 3.15. The fourth-order valence-corrected chi connectivity index (χ4v) is 4.48. The Morgan fingerprint density at radius 1 is 1.20 bits per heavy atom. The molecule has 110 valence electrons. The third-order valence-corrected chi connectivity index (χ3v) is 6.10. The molecule has 1 saturated heterocycles. The van der Waals surface area contributed by atoms with Gasteiger partial charge in [0.15, 0.2) is 9.84 Å². The molecule has 5 heteroatoms. The van der Waals surface area contributed by atoms with Gasteiger partial charge in [0.2, 0.25) is 0 Å². The number of hydrogen-bond donors (Lipinski definition) is 1. The van der Waals surface area contributed by atoms with Crippen molar-refractivity contribution < 1.29 is 8.42 Å². The highest BCUT2D eigenvalue weighted by Gasteiger charge is 2.23. The van der Waals surface area contributed by atoms with Gasteiger partial charge in [-0.2, -0.15) is 0 Å². The lowest BCUT2D eigenvalue weighted by Crippen LogP contribution is -2.29. The predicted octanol–water partition coefficient (Wildman–Crippen LogP) is 1.71. The minimum Gasteiger partial charge on any atom is -0.384 e. The van der Waals surface area contributed by atoms with Crippen molar-refractivity contribution in [1.29, 1.82) is 0 Å². The van der Waals surface area contributed by atoms with E-state index in [-0.39, 0.29) is 0 Å². The highest BCUT2D eigenvalue weighted by Crippen LogP contribution is 2.33. The number of sulfone groups is 1. The molecular weight excluding hydrogens is 272 g/mol. The van der Waals surface area contributed by atoms with Crippen LogP contribution in [-0.2, 0) is 9.84 Å². The van der Waals surface area contributed by atoms with Crippen molar-refractivity contribution in [2.24, 2.45) is 0 Å². The van der Waals surface area contributed by atoms with Crippen LogP contribution < -0.4 is 5.32 Å². The zero-order valence-corrected chi connectivity index (χ0v) is 12.5. The topological polar surface area (TPSA) is 49.4 Å². The molecule has 1 atom stereocenters. The number of benzene rings is 1. The Hall–Kier alpha value is -1.07. The van der Waals surface area contributed by atoms with E-state index in [1.807, 2.05) is 0 Å². The van der Waals surface area contributed by atoms with Crippen molar-refractivity contribution in [1.82, 2.24) is 4.90 Å². The van der Waals surface area contributed by atoms with E-state index in [0.29, 0.717) is 24.0 Å². The van der Waals surface area contributed by atoms with Gasteiger partial charge < -0.3 is 10.2 Å². The second-order valence-electron chi connectivity index (χ2n) is 5.80. The quantitative estimate of drug-likeness (QED) is 0.922. The van der Waals surface area contributed by atoms with Gasteiger partial charge in [-0.25, -0.2) is 8.42 Å². The van der Waals surface area contributed by atoms with Crippen LogP contribution >= 0.6 is 0 Å². The van der Waals surface area contributed by atoms with Crippen LogP contribution in [-0.4, -0.2) is 51.0 Å². The molecule has 1 N–H and O–H groups in total. The average Bonchev–Trinajstić information content (AvgIpc) is 2.76. The van der Waals surface area contributed by atoms with Crippen LogP contribution in [0.5, 0.6) is 0 Å². The van der Waals surface area contributed by atoms with Crippen LogP contribution in [0.3, 0.4) is 0 Å². The lowest BCUT2D eigenvalue weighted by molar-refractivity contribution is 0.284. The van der Waals surface area contributed by atoms with Gasteiger partial charge in [0.1, 0.15) is 0 Å². The highest BCUT2D eigenvalue weighted by molar-refractivity contribution is 7.91. The molecule has 0 spiro atoms. The van der Waals surface area contributed by atoms with Crippen LogP contribution in [0.25, 0.3) is 0 Å². The predicted molar refractivity (Wildman–Crippen MR) is 82.0 cm³/mol. The number of anilines is 1. The largest absolute Gasteiger partial charge is 0.384 e. The molecule has 2 aliphatic rings. The second kappa shape index (κ2) is 5.74. The third-order valence-electron chi connectivity index (χ3n) is 4.38. The maximum absolute atomic E-state index is 11.6. The van der Waals surface area contributed by atoms with Gasteiger partial charge in [-0.15, -0.1) is 0 Å². The van der Waals surface area contributed by atoms with Gasteiger partial charge in [-0.05, 0) is 37.6 Å². The fourth-order valence-electron chi connectivity index (χ4n) is 3.17. The smallest absolute Gasteiger partial charge is 0.151 e. The number of fused-ring (bicyclic) bond motifs is 1. The van der Waals surface area contributed by atoms with Gasteiger partial charge >= 0.3 is 0 Å². The summed E-state index contributed by atoms with van der Waals surface area (Å²) in [6.45, 7) is 3.62. The molecule has 1 unspecified atom stereocenters. The van der Waals surface area contributed by atoms with E-state index >= 15 is 0 Å². The molecule has 2 aliphatic heterocycles. The molecule has 3 rings (SSSR count). The lowest BCUT2D eigenvalue weighted by Gasteiger charge is -2.21. The van der Waals surface area contributed by atoms with E-state index in [2.05, 4.69) is 34.5 Å². The Bertz CT molecular complexity index is 571. The van der Waals surface area contributed by atoms with E-state index in [1.165, 1.54) is 11.3 Å². The van der Waals surface area contributed by atoms with Crippen molar-refractivity contribution in [2.45, 2.75) is 18.8 Å². The Labute approximate surface area is 121 Å². The van der Waals surface area contributed by atoms with E-state index in [9.17, 15) is 8.42 Å². The normalized spacial score (nSPS) is 25.7. The molecular formula is C15H22N2O2S. The molecule has 0 amide bonds. The summed E-state index contributed by atoms with van der Waals surface area (Å²) in [4.78, 5) is 2.31. The summed E-state index contributed by atoms with van der Waals surface area (Å²) >= 11 is 0. The molecule has 2 heterocycles. The van der Waals surface area contributed by atoms with Crippen LogP contribution in [0.1, 0.15) is 24.3 Å². The van der Waals surface area contributed by atoms with E-state index < -0.39 is 9.84 Å². The maximum atomic E-state index is 11.6. The molecule has 1 fully saturated rings. The first kappa shape index (κ1) is 13.9. The van der Waals surface area contributed by atoms with Crippen LogP contribution in [0.15, 0.2) is 24.3 Å². The Kier molecular flexibility index (Phi) is 3.98. The Morgan fingerprint density at radius 3 is 2.95 bits per heavy atom. The Balaban J connectivity index is 1.56. The van der Waals surface area contributed by atoms with Crippen molar-refractivity contribution >= 4 is 15.5 Å². The highest BCUT2D eigenvalue weighted by atomic mass is 32.2. The van der Waals surface area contributed by atoms with Crippen molar-refractivity contribution in [3.63, 3.8) is 0 Å². The van der Waals surface area contributed by atoms with Crippen LogP contribution in [0, 0.1) is 0 Å². The van der Waals surface area contributed by atoms with Gasteiger partial charge in [-0.1, -0.05) is 18.2 Å². The van der Waals surface area contributed by atoms with Crippen LogP contribution in [0.2, 0.25) is 0 Å². The van der Waals surface area contributed by atoms with E-state index in [1.54, 1.807) is 0 Å². The fraction of sp³-hybridized carbons (Fsp3) is 0.600. The molecule has 20 heavy (non-hydrogen) atoms. The monoisotopic (exact) mass is 294 g/mol. The molecule has 1 aromatic rings. The summed E-state index contributed by atoms with van der Waals surface area (Å²) in [6.07, 6.45) is 1.88. The Morgan fingerprint density at radius 2 is 2.05 bits per heavy atom. The van der Waals surface area contributed by atoms with Gasteiger partial charge in [-0.3, -0.25) is 0 Å². The van der Waals surface area contributed by atoms with E-state index in [4.69, 9.17) is 0 Å². The SMILES string of the molecule is O=S1(=O)CCCN(CCC2CNc3ccccc32)CC1. The maximum Gasteiger partial charge on any atom is 0.151 e. The molecule has 0 aromatic heterocycles. The number of para-hydroxylation sites is 1. The van der Waals surface area contributed by atoms with E-state index in [0.717, 1.165) is 32.5 Å². The summed E-state index contributed by atoms with van der Waals surface area (Å²) in [7, 11) is -2.79. The zero-order valence-electron chi connectivity index (χ0n) is 11.7. The molecule has 0 aliphatic carbocycles. The lowest BCUT2D eigenvalue weighted by atomic mass is 9.98. The molecule has 0 saturated carbocycles. The second-order valence-corrected chi connectivity index (χ2v) is 8.10. The molecule has 0 radical (unpaired) electrons. The summed E-state index contributed by atoms with van der Waals surface area (Å²) in [5.41, 5.74) is 2.67. The first-order valence-corrected chi connectivity index (χ1v) is 9.22. The summed E-state index contributed by atoms with van der Waals surface area (Å²) in [5, 5.41) is 3.45. The van der Waals surface area contributed by atoms with Crippen LogP contribution in [0.4, 0.5) is 5.69 Å². The molecule has 0 bridgehead atoms. The van der Waals surface area contributed by atoms with Gasteiger partial charge in [0.25, 0.3) is 0 Å². The molecule has 1 aromatic carbocycles. The van der Waals surface area contributed by atoms with Gasteiger partial charge in [0, 0.05) is 24.7 Å². The van der Waals surface area contributed by atoms with Gasteiger partial charge in [0.05, 0.1) is 11.5 Å². The van der Waals surface area contributed by atoms with Crippen molar-refractivity contribution in [3.05, 3.63) is 29.8 Å². The summed E-state index contributed by atoms with van der Waals surface area (Å²) in [6, 6.07) is 8.49. The summed E-state index contributed by atoms with van der Waals surface area (Å²) < 4.78 is 23.2. The zero-order chi connectivity index (χ0) is 14.0. The number of rotatable bonds is 3. The number of nitrogens with one attached hydrogen (secondary N) is 1. The number of hydrogen-bond acceptors (Lipinski definition) is 4.